The molecule has 0 saturated heterocycles. The van der Waals surface area contributed by atoms with Gasteiger partial charge in [-0.05, 0) is 27.8 Å². The largest absolute Gasteiger partial charge is 0.377 e. The van der Waals surface area contributed by atoms with Gasteiger partial charge in [0.1, 0.15) is 0 Å². The Morgan fingerprint density at radius 1 is 1.53 bits per heavy atom. The van der Waals surface area contributed by atoms with Gasteiger partial charge in [0.2, 0.25) is 0 Å². The molecule has 0 saturated carbocycles. The molecule has 0 fully saturated rings. The minimum absolute atomic E-state index is 0.223. The van der Waals surface area contributed by atoms with Crippen molar-refractivity contribution in [3.63, 3.8) is 0 Å². The van der Waals surface area contributed by atoms with Crippen LogP contribution in [-0.2, 0) is 11.8 Å². The van der Waals surface area contributed by atoms with Gasteiger partial charge in [-0.25, -0.2) is 0 Å². The van der Waals surface area contributed by atoms with Crippen molar-refractivity contribution < 1.29 is 4.74 Å². The molecule has 0 bridgehead atoms. The van der Waals surface area contributed by atoms with Crippen molar-refractivity contribution in [1.29, 1.82) is 0 Å². The summed E-state index contributed by atoms with van der Waals surface area (Å²) in [5.74, 6) is 0. The topological polar surface area (TPSA) is 39.1 Å². The highest BCUT2D eigenvalue weighted by atomic mass is 16.5. The van der Waals surface area contributed by atoms with Crippen LogP contribution in [0.3, 0.4) is 0 Å². The molecule has 0 aliphatic heterocycles. The SMILES string of the molecule is CNC(COC(C)C)c1cn(C)nc1C. The van der Waals surface area contributed by atoms with Gasteiger partial charge in [0.15, 0.2) is 0 Å². The van der Waals surface area contributed by atoms with Crippen LogP contribution in [0, 0.1) is 6.92 Å². The lowest BCUT2D eigenvalue weighted by molar-refractivity contribution is 0.0625. The monoisotopic (exact) mass is 211 g/mol. The summed E-state index contributed by atoms with van der Waals surface area (Å²) >= 11 is 0. The Morgan fingerprint density at radius 3 is 2.60 bits per heavy atom. The van der Waals surface area contributed by atoms with Crippen LogP contribution in [0.5, 0.6) is 0 Å². The summed E-state index contributed by atoms with van der Waals surface area (Å²) in [4.78, 5) is 0. The van der Waals surface area contributed by atoms with Crippen molar-refractivity contribution in [3.8, 4) is 0 Å². The molecule has 1 N–H and O–H groups in total. The van der Waals surface area contributed by atoms with E-state index in [1.807, 2.05) is 45.7 Å². The van der Waals surface area contributed by atoms with Crippen molar-refractivity contribution in [2.24, 2.45) is 7.05 Å². The van der Waals surface area contributed by atoms with Crippen molar-refractivity contribution in [2.45, 2.75) is 32.9 Å². The van der Waals surface area contributed by atoms with Gasteiger partial charge >= 0.3 is 0 Å². The van der Waals surface area contributed by atoms with Gasteiger partial charge in [-0.2, -0.15) is 5.10 Å². The van der Waals surface area contributed by atoms with E-state index in [0.717, 1.165) is 5.69 Å². The summed E-state index contributed by atoms with van der Waals surface area (Å²) in [6, 6.07) is 0.223. The smallest absolute Gasteiger partial charge is 0.0666 e. The second kappa shape index (κ2) is 5.28. The first-order valence-corrected chi connectivity index (χ1v) is 5.33. The number of rotatable bonds is 5. The molecule has 0 aliphatic rings. The lowest BCUT2D eigenvalue weighted by Gasteiger charge is -2.17. The maximum Gasteiger partial charge on any atom is 0.0666 e. The third-order valence-electron chi connectivity index (χ3n) is 2.37. The molecule has 0 radical (unpaired) electrons. The zero-order valence-electron chi connectivity index (χ0n) is 10.2. The molecule has 1 aromatic heterocycles. The van der Waals surface area contributed by atoms with E-state index in [9.17, 15) is 0 Å². The van der Waals surface area contributed by atoms with E-state index >= 15 is 0 Å². The Labute approximate surface area is 91.6 Å². The van der Waals surface area contributed by atoms with Gasteiger partial charge in [-0.1, -0.05) is 0 Å². The molecule has 4 nitrogen and oxygen atoms in total. The number of hydrogen-bond donors (Lipinski definition) is 1. The van der Waals surface area contributed by atoms with Crippen LogP contribution in [0.2, 0.25) is 0 Å². The van der Waals surface area contributed by atoms with Crippen LogP contribution in [0.25, 0.3) is 0 Å². The van der Waals surface area contributed by atoms with Gasteiger partial charge in [0.05, 0.1) is 24.4 Å². The highest BCUT2D eigenvalue weighted by Gasteiger charge is 2.15. The van der Waals surface area contributed by atoms with E-state index in [1.54, 1.807) is 0 Å². The van der Waals surface area contributed by atoms with E-state index in [4.69, 9.17) is 4.74 Å². The summed E-state index contributed by atoms with van der Waals surface area (Å²) in [5.41, 5.74) is 2.27. The average Bonchev–Trinajstić information content (AvgIpc) is 2.46. The van der Waals surface area contributed by atoms with Gasteiger partial charge in [0.25, 0.3) is 0 Å². The maximum atomic E-state index is 5.61. The summed E-state index contributed by atoms with van der Waals surface area (Å²) in [5, 5.41) is 7.58. The minimum atomic E-state index is 0.223. The van der Waals surface area contributed by atoms with Gasteiger partial charge in [-0.3, -0.25) is 4.68 Å². The Bertz CT molecular complexity index is 307. The molecule has 15 heavy (non-hydrogen) atoms. The first-order chi connectivity index (χ1) is 7.04. The number of hydrogen-bond acceptors (Lipinski definition) is 3. The molecule has 86 valence electrons. The second-order valence-corrected chi connectivity index (χ2v) is 4.07. The highest BCUT2D eigenvalue weighted by molar-refractivity contribution is 5.20. The maximum absolute atomic E-state index is 5.61. The lowest BCUT2D eigenvalue weighted by Crippen LogP contribution is -2.23. The lowest BCUT2D eigenvalue weighted by atomic mass is 10.1. The molecule has 0 aliphatic carbocycles. The van der Waals surface area contributed by atoms with E-state index < -0.39 is 0 Å². The first-order valence-electron chi connectivity index (χ1n) is 5.33. The summed E-state index contributed by atoms with van der Waals surface area (Å²) in [6.45, 7) is 6.79. The molecule has 1 heterocycles. The van der Waals surface area contributed by atoms with Crippen molar-refractivity contribution in [1.82, 2.24) is 15.1 Å². The number of nitrogens with zero attached hydrogens (tertiary/aromatic N) is 2. The van der Waals surface area contributed by atoms with Crippen LogP contribution in [0.1, 0.15) is 31.1 Å². The molecule has 1 atom stereocenters. The Hall–Kier alpha value is -0.870. The number of nitrogens with one attached hydrogen (secondary N) is 1. The third kappa shape index (κ3) is 3.32. The number of likely N-dealkylation sites (N-methyl/N-ethyl adjacent to an activating group) is 1. The molecule has 1 rings (SSSR count). The van der Waals surface area contributed by atoms with Crippen LogP contribution in [0.4, 0.5) is 0 Å². The number of aryl methyl sites for hydroxylation is 2. The number of aromatic nitrogens is 2. The molecule has 4 heteroatoms. The molecular weight excluding hydrogens is 190 g/mol. The quantitative estimate of drug-likeness (QED) is 0.800. The fraction of sp³-hybridized carbons (Fsp3) is 0.727. The van der Waals surface area contributed by atoms with E-state index in [2.05, 4.69) is 10.4 Å². The minimum Gasteiger partial charge on any atom is -0.377 e. The Kier molecular flexibility index (Phi) is 4.29. The zero-order valence-corrected chi connectivity index (χ0v) is 10.2. The normalized spacial score (nSPS) is 13.5. The summed E-state index contributed by atoms with van der Waals surface area (Å²) in [6.07, 6.45) is 2.30. The molecule has 0 spiro atoms. The fourth-order valence-electron chi connectivity index (χ4n) is 1.58. The van der Waals surface area contributed by atoms with Crippen LogP contribution < -0.4 is 5.32 Å². The van der Waals surface area contributed by atoms with Crippen LogP contribution in [0.15, 0.2) is 6.20 Å². The van der Waals surface area contributed by atoms with Crippen LogP contribution in [-0.4, -0.2) is 29.5 Å². The highest BCUT2D eigenvalue weighted by Crippen LogP contribution is 2.16. The predicted octanol–water partition coefficient (Wildman–Crippen LogP) is 1.41. The van der Waals surface area contributed by atoms with Crippen LogP contribution >= 0.6 is 0 Å². The van der Waals surface area contributed by atoms with E-state index in [0.29, 0.717) is 6.61 Å². The standard InChI is InChI=1S/C11H21N3O/c1-8(2)15-7-11(12-4)10-6-14(5)13-9(10)3/h6,8,11-12H,7H2,1-5H3. The summed E-state index contributed by atoms with van der Waals surface area (Å²) in [7, 11) is 3.88. The van der Waals surface area contributed by atoms with Crippen molar-refractivity contribution in [3.05, 3.63) is 17.5 Å². The zero-order chi connectivity index (χ0) is 11.4. The second-order valence-electron chi connectivity index (χ2n) is 4.07. The van der Waals surface area contributed by atoms with Gasteiger partial charge < -0.3 is 10.1 Å². The number of ether oxygens (including phenoxy) is 1. The van der Waals surface area contributed by atoms with Gasteiger partial charge in [-0.15, -0.1) is 0 Å². The van der Waals surface area contributed by atoms with Gasteiger partial charge in [0, 0.05) is 18.8 Å². The fourth-order valence-corrected chi connectivity index (χ4v) is 1.58. The third-order valence-corrected chi connectivity index (χ3v) is 2.37. The molecule has 0 amide bonds. The molecule has 1 unspecified atom stereocenters. The molecule has 1 aromatic rings. The Balaban J connectivity index is 2.69. The summed E-state index contributed by atoms with van der Waals surface area (Å²) < 4.78 is 7.45. The molecule has 0 aromatic carbocycles. The van der Waals surface area contributed by atoms with Crippen molar-refractivity contribution in [2.75, 3.05) is 13.7 Å². The van der Waals surface area contributed by atoms with E-state index in [1.165, 1.54) is 5.56 Å². The van der Waals surface area contributed by atoms with Crippen molar-refractivity contribution >= 4 is 0 Å². The predicted molar refractivity (Wildman–Crippen MR) is 60.8 cm³/mol. The average molecular weight is 211 g/mol. The first kappa shape index (κ1) is 12.2. The Morgan fingerprint density at radius 2 is 2.20 bits per heavy atom. The molecular formula is C11H21N3O. The van der Waals surface area contributed by atoms with E-state index in [-0.39, 0.29) is 12.1 Å².